The first-order chi connectivity index (χ1) is 11.1. The summed E-state index contributed by atoms with van der Waals surface area (Å²) < 4.78 is 6.72. The van der Waals surface area contributed by atoms with E-state index in [1.54, 1.807) is 0 Å². The Morgan fingerprint density at radius 2 is 1.83 bits per heavy atom. The molecule has 0 aliphatic heterocycles. The van der Waals surface area contributed by atoms with Gasteiger partial charge in [0.25, 0.3) is 5.91 Å². The molecule has 0 heterocycles. The predicted molar refractivity (Wildman–Crippen MR) is 93.3 cm³/mol. The monoisotopic (exact) mass is 377 g/mol. The summed E-state index contributed by atoms with van der Waals surface area (Å²) in [4.78, 5) is 12.3. The molecule has 0 saturated heterocycles. The van der Waals surface area contributed by atoms with Gasteiger partial charge >= 0.3 is 0 Å². The van der Waals surface area contributed by atoms with E-state index in [1.807, 2.05) is 25.1 Å². The second kappa shape index (κ2) is 6.12. The normalized spacial score (nSPS) is 34.4. The van der Waals surface area contributed by atoms with Gasteiger partial charge in [0.2, 0.25) is 0 Å². The van der Waals surface area contributed by atoms with Crippen molar-refractivity contribution >= 4 is 21.8 Å². The molecule has 1 amide bonds. The summed E-state index contributed by atoms with van der Waals surface area (Å²) >= 11 is 3.48. The zero-order chi connectivity index (χ0) is 16.0. The number of amides is 1. The molecule has 23 heavy (non-hydrogen) atoms. The van der Waals surface area contributed by atoms with Crippen molar-refractivity contribution in [1.29, 1.82) is 0 Å². The topological polar surface area (TPSA) is 38.3 Å². The molecule has 4 fully saturated rings. The van der Waals surface area contributed by atoms with Gasteiger partial charge in [0, 0.05) is 10.5 Å². The molecular formula is C19H24BrNO2. The van der Waals surface area contributed by atoms with E-state index in [2.05, 4.69) is 21.2 Å². The van der Waals surface area contributed by atoms with Gasteiger partial charge in [0.1, 0.15) is 5.75 Å². The average Bonchev–Trinajstić information content (AvgIpc) is 2.51. The minimum atomic E-state index is 0.0306. The fourth-order valence-corrected chi connectivity index (χ4v) is 5.49. The average molecular weight is 378 g/mol. The Hall–Kier alpha value is -1.03. The molecule has 1 aromatic rings. The first-order valence-electron chi connectivity index (χ1n) is 8.77. The smallest absolute Gasteiger partial charge is 0.258 e. The lowest BCUT2D eigenvalue weighted by Crippen LogP contribution is -2.56. The van der Waals surface area contributed by atoms with Crippen LogP contribution in [0.25, 0.3) is 0 Å². The van der Waals surface area contributed by atoms with Crippen LogP contribution in [0.2, 0.25) is 0 Å². The van der Waals surface area contributed by atoms with Gasteiger partial charge in [-0.1, -0.05) is 15.9 Å². The molecule has 0 aromatic heterocycles. The van der Waals surface area contributed by atoms with Crippen molar-refractivity contribution in [3.8, 4) is 5.75 Å². The van der Waals surface area contributed by atoms with Gasteiger partial charge in [0.15, 0.2) is 6.61 Å². The number of hydrogen-bond donors (Lipinski definition) is 1. The Balaban J connectivity index is 1.32. The second-order valence-electron chi connectivity index (χ2n) is 7.72. The standard InChI is InChI=1S/C19H24BrNO2/c1-11-4-16(2-3-17(11)20)23-10-18(22)21-19-14-6-12-5-13(8-14)9-15(19)7-12/h2-4,12-15,19H,5-10H2,1H3,(H,21,22). The number of benzene rings is 1. The molecular weight excluding hydrogens is 354 g/mol. The van der Waals surface area contributed by atoms with Gasteiger partial charge in [0.05, 0.1) is 0 Å². The van der Waals surface area contributed by atoms with Crippen LogP contribution in [0.5, 0.6) is 5.75 Å². The van der Waals surface area contributed by atoms with Crippen LogP contribution in [0, 0.1) is 30.6 Å². The van der Waals surface area contributed by atoms with Crippen LogP contribution in [0.3, 0.4) is 0 Å². The summed E-state index contributed by atoms with van der Waals surface area (Å²) in [6.45, 7) is 2.13. The van der Waals surface area contributed by atoms with Gasteiger partial charge in [-0.05, 0) is 86.5 Å². The number of hydrogen-bond acceptors (Lipinski definition) is 2. The molecule has 0 spiro atoms. The number of ether oxygens (including phenoxy) is 1. The molecule has 4 aliphatic carbocycles. The predicted octanol–water partition coefficient (Wildman–Crippen LogP) is 4.08. The number of nitrogens with one attached hydrogen (secondary N) is 1. The van der Waals surface area contributed by atoms with Gasteiger partial charge in [-0.3, -0.25) is 4.79 Å². The maximum atomic E-state index is 12.3. The van der Waals surface area contributed by atoms with E-state index in [-0.39, 0.29) is 12.5 Å². The highest BCUT2D eigenvalue weighted by atomic mass is 79.9. The van der Waals surface area contributed by atoms with Crippen LogP contribution < -0.4 is 10.1 Å². The van der Waals surface area contributed by atoms with E-state index in [0.29, 0.717) is 17.9 Å². The molecule has 4 saturated carbocycles. The molecule has 124 valence electrons. The Kier molecular flexibility index (Phi) is 4.12. The minimum absolute atomic E-state index is 0.0306. The Morgan fingerprint density at radius 3 is 2.43 bits per heavy atom. The zero-order valence-corrected chi connectivity index (χ0v) is 15.1. The molecule has 4 heteroatoms. The fraction of sp³-hybridized carbons (Fsp3) is 0.632. The van der Waals surface area contributed by atoms with Crippen LogP contribution >= 0.6 is 15.9 Å². The van der Waals surface area contributed by atoms with Crippen molar-refractivity contribution in [1.82, 2.24) is 5.32 Å². The van der Waals surface area contributed by atoms with Crippen molar-refractivity contribution in [2.75, 3.05) is 6.61 Å². The van der Waals surface area contributed by atoms with Crippen molar-refractivity contribution in [2.24, 2.45) is 23.7 Å². The van der Waals surface area contributed by atoms with Gasteiger partial charge in [-0.2, -0.15) is 0 Å². The van der Waals surface area contributed by atoms with E-state index < -0.39 is 0 Å². The fourth-order valence-electron chi connectivity index (χ4n) is 5.24. The Morgan fingerprint density at radius 1 is 1.17 bits per heavy atom. The second-order valence-corrected chi connectivity index (χ2v) is 8.58. The summed E-state index contributed by atoms with van der Waals surface area (Å²) in [6, 6.07) is 6.21. The molecule has 1 N–H and O–H groups in total. The van der Waals surface area contributed by atoms with Gasteiger partial charge in [-0.15, -0.1) is 0 Å². The lowest BCUT2D eigenvalue weighted by Gasteiger charge is -2.54. The molecule has 1 aromatic carbocycles. The third kappa shape index (κ3) is 3.15. The number of halogens is 1. The third-order valence-corrected chi connectivity index (χ3v) is 6.94. The van der Waals surface area contributed by atoms with E-state index in [1.165, 1.54) is 32.1 Å². The summed E-state index contributed by atoms with van der Waals surface area (Å²) in [6.07, 6.45) is 6.74. The molecule has 0 unspecified atom stereocenters. The minimum Gasteiger partial charge on any atom is -0.484 e. The highest BCUT2D eigenvalue weighted by Gasteiger charge is 2.48. The maximum Gasteiger partial charge on any atom is 0.258 e. The first-order valence-corrected chi connectivity index (χ1v) is 9.56. The van der Waals surface area contributed by atoms with Crippen molar-refractivity contribution < 1.29 is 9.53 Å². The number of aryl methyl sites for hydroxylation is 1. The molecule has 5 rings (SSSR count). The summed E-state index contributed by atoms with van der Waals surface area (Å²) in [5.74, 6) is 4.09. The Bertz CT molecular complexity index is 587. The van der Waals surface area contributed by atoms with E-state index in [0.717, 1.165) is 27.6 Å². The van der Waals surface area contributed by atoms with Crippen molar-refractivity contribution in [2.45, 2.75) is 45.1 Å². The van der Waals surface area contributed by atoms with Crippen molar-refractivity contribution in [3.63, 3.8) is 0 Å². The molecule has 0 atom stereocenters. The van der Waals surface area contributed by atoms with Crippen LogP contribution in [-0.2, 0) is 4.79 Å². The molecule has 3 nitrogen and oxygen atoms in total. The molecule has 4 aliphatic rings. The number of rotatable bonds is 4. The van der Waals surface area contributed by atoms with Gasteiger partial charge in [-0.25, -0.2) is 0 Å². The van der Waals surface area contributed by atoms with E-state index in [9.17, 15) is 4.79 Å². The lowest BCUT2D eigenvalue weighted by molar-refractivity contribution is -0.127. The van der Waals surface area contributed by atoms with Crippen LogP contribution in [0.15, 0.2) is 22.7 Å². The highest BCUT2D eigenvalue weighted by Crippen LogP contribution is 2.53. The summed E-state index contributed by atoms with van der Waals surface area (Å²) in [5, 5.41) is 3.29. The van der Waals surface area contributed by atoms with Crippen LogP contribution in [-0.4, -0.2) is 18.6 Å². The van der Waals surface area contributed by atoms with E-state index in [4.69, 9.17) is 4.74 Å². The SMILES string of the molecule is Cc1cc(OCC(=O)NC2C3CC4CC(C3)CC2C4)ccc1Br. The summed E-state index contributed by atoms with van der Waals surface area (Å²) in [7, 11) is 0. The van der Waals surface area contributed by atoms with Crippen LogP contribution in [0.4, 0.5) is 0 Å². The zero-order valence-electron chi connectivity index (χ0n) is 13.6. The largest absolute Gasteiger partial charge is 0.484 e. The number of carbonyl (C=O) groups excluding carboxylic acids is 1. The molecule has 4 bridgehead atoms. The summed E-state index contributed by atoms with van der Waals surface area (Å²) in [5.41, 5.74) is 1.11. The number of carbonyl (C=O) groups is 1. The van der Waals surface area contributed by atoms with Gasteiger partial charge < -0.3 is 10.1 Å². The van der Waals surface area contributed by atoms with Crippen molar-refractivity contribution in [3.05, 3.63) is 28.2 Å². The maximum absolute atomic E-state index is 12.3. The molecule has 0 radical (unpaired) electrons. The third-order valence-electron chi connectivity index (χ3n) is 6.05. The van der Waals surface area contributed by atoms with E-state index >= 15 is 0 Å². The highest BCUT2D eigenvalue weighted by molar-refractivity contribution is 9.10. The quantitative estimate of drug-likeness (QED) is 0.858. The lowest BCUT2D eigenvalue weighted by atomic mass is 9.54. The van der Waals surface area contributed by atoms with Crippen LogP contribution in [0.1, 0.15) is 37.7 Å². The Labute approximate surface area is 146 Å². The first kappa shape index (κ1) is 15.5.